The van der Waals surface area contributed by atoms with Gasteiger partial charge in [0.15, 0.2) is 5.54 Å². The molecule has 0 N–H and O–H groups in total. The number of ether oxygens (including phenoxy) is 2. The summed E-state index contributed by atoms with van der Waals surface area (Å²) in [4.78, 5) is 36.4. The van der Waals surface area contributed by atoms with Crippen molar-refractivity contribution in [3.8, 4) is 0 Å². The summed E-state index contributed by atoms with van der Waals surface area (Å²) in [5, 5.41) is 2.42. The zero-order valence-corrected chi connectivity index (χ0v) is 32.2. The first-order valence-corrected chi connectivity index (χ1v) is 19.8. The Morgan fingerprint density at radius 3 is 1.91 bits per heavy atom. The number of nitrogens with zero attached hydrogens (tertiary/aromatic N) is 1. The normalized spacial score (nSPS) is 21.0. The third-order valence-electron chi connectivity index (χ3n) is 12.6. The van der Waals surface area contributed by atoms with Crippen molar-refractivity contribution >= 4 is 28.4 Å². The van der Waals surface area contributed by atoms with Gasteiger partial charge in [-0.3, -0.25) is 9.79 Å². The summed E-state index contributed by atoms with van der Waals surface area (Å²) >= 11 is 0. The summed E-state index contributed by atoms with van der Waals surface area (Å²) in [6, 6.07) is 44.7. The van der Waals surface area contributed by atoms with Gasteiger partial charge in [0.2, 0.25) is 0 Å². The van der Waals surface area contributed by atoms with E-state index in [1.54, 1.807) is 0 Å². The van der Waals surface area contributed by atoms with Crippen LogP contribution in [0.2, 0.25) is 0 Å². The van der Waals surface area contributed by atoms with Crippen LogP contribution in [-0.2, 0) is 30.0 Å². The molecule has 0 spiro atoms. The van der Waals surface area contributed by atoms with Crippen molar-refractivity contribution in [2.45, 2.75) is 89.2 Å². The van der Waals surface area contributed by atoms with Crippen LogP contribution in [0.4, 0.5) is 0 Å². The highest BCUT2D eigenvalue weighted by atomic mass is 16.5. The van der Waals surface area contributed by atoms with E-state index in [0.29, 0.717) is 30.0 Å². The van der Waals surface area contributed by atoms with Crippen LogP contribution in [0.15, 0.2) is 138 Å². The zero-order valence-electron chi connectivity index (χ0n) is 32.2. The first kappa shape index (κ1) is 37.3. The Morgan fingerprint density at radius 1 is 0.704 bits per heavy atom. The number of hydrogen-bond donors (Lipinski definition) is 0. The molecule has 0 unspecified atom stereocenters. The summed E-state index contributed by atoms with van der Waals surface area (Å²) in [6.45, 7) is 6.86. The molecule has 2 aliphatic rings. The number of carbonyl (C=O) groups excluding carboxylic acids is 2. The lowest BCUT2D eigenvalue weighted by atomic mass is 9.58. The topological polar surface area (TPSA) is 65.0 Å². The number of methoxy groups -OCH3 is 1. The maximum Gasteiger partial charge on any atom is 0.340 e. The van der Waals surface area contributed by atoms with Gasteiger partial charge in [0.25, 0.3) is 0 Å². The lowest BCUT2D eigenvalue weighted by Gasteiger charge is -2.49. The highest BCUT2D eigenvalue weighted by molar-refractivity contribution is 6.14. The molecule has 0 bridgehead atoms. The second-order valence-corrected chi connectivity index (χ2v) is 16.1. The highest BCUT2D eigenvalue weighted by Crippen LogP contribution is 2.55. The third-order valence-corrected chi connectivity index (χ3v) is 12.6. The van der Waals surface area contributed by atoms with E-state index in [-0.39, 0.29) is 11.3 Å². The Hall–Kier alpha value is -5.03. The first-order valence-electron chi connectivity index (χ1n) is 19.8. The molecule has 0 amide bonds. The molecule has 54 heavy (non-hydrogen) atoms. The Balaban J connectivity index is 1.46. The van der Waals surface area contributed by atoms with Gasteiger partial charge in [-0.05, 0) is 58.9 Å². The van der Waals surface area contributed by atoms with E-state index in [9.17, 15) is 4.79 Å². The van der Waals surface area contributed by atoms with Crippen molar-refractivity contribution < 1.29 is 19.1 Å². The fraction of sp³-hybridized carbons (Fsp3) is 0.367. The number of benzene rings is 5. The molecule has 4 atom stereocenters. The van der Waals surface area contributed by atoms with Gasteiger partial charge in [0, 0.05) is 17.0 Å². The number of carbonyl (C=O) groups is 2. The Kier molecular flexibility index (Phi) is 10.9. The molecular formula is C49H53NO4. The molecular weight excluding hydrogens is 667 g/mol. The molecule has 0 aliphatic heterocycles. The van der Waals surface area contributed by atoms with E-state index in [1.807, 2.05) is 91.0 Å². The Labute approximate surface area is 320 Å². The third kappa shape index (κ3) is 6.78. The van der Waals surface area contributed by atoms with Gasteiger partial charge in [-0.15, -0.1) is 0 Å². The van der Waals surface area contributed by atoms with Crippen molar-refractivity contribution in [3.05, 3.63) is 156 Å². The lowest BCUT2D eigenvalue weighted by molar-refractivity contribution is -0.181. The van der Waals surface area contributed by atoms with Gasteiger partial charge in [0.05, 0.1) is 12.8 Å². The summed E-state index contributed by atoms with van der Waals surface area (Å²) < 4.78 is 12.8. The molecule has 5 aromatic carbocycles. The summed E-state index contributed by atoms with van der Waals surface area (Å²) in [6.07, 6.45) is 5.72. The quantitative estimate of drug-likeness (QED) is 0.106. The zero-order chi connectivity index (χ0) is 37.8. The molecule has 7 rings (SSSR count). The van der Waals surface area contributed by atoms with E-state index >= 15 is 4.79 Å². The summed E-state index contributed by atoms with van der Waals surface area (Å²) in [5.41, 5.74) is 0.876. The minimum atomic E-state index is -1.74. The molecule has 0 aromatic heterocycles. The van der Waals surface area contributed by atoms with Crippen LogP contribution in [0.1, 0.15) is 94.4 Å². The van der Waals surface area contributed by atoms with Gasteiger partial charge >= 0.3 is 11.9 Å². The van der Waals surface area contributed by atoms with Crippen molar-refractivity contribution in [1.82, 2.24) is 0 Å². The fourth-order valence-corrected chi connectivity index (χ4v) is 9.70. The molecule has 278 valence electrons. The number of fused-ring (bicyclic) bond motifs is 1. The van der Waals surface area contributed by atoms with E-state index in [4.69, 9.17) is 14.5 Å². The van der Waals surface area contributed by atoms with Crippen molar-refractivity contribution in [3.63, 3.8) is 0 Å². The molecule has 0 radical (unpaired) electrons. The minimum Gasteiger partial charge on any atom is -0.468 e. The van der Waals surface area contributed by atoms with Crippen LogP contribution in [0.25, 0.3) is 10.8 Å². The SMILES string of the molecule is COC(=O)C1([C@](N=C(c2ccccc2)c2ccccc2)(C(=O)O[C@@H]2C[C@H](C)CC[C@H]2C(C)(C)c2cccc3ccccc23)c2ccccc2)CCCCC1. The molecule has 2 saturated carbocycles. The predicted molar refractivity (Wildman–Crippen MR) is 218 cm³/mol. The van der Waals surface area contributed by atoms with E-state index in [2.05, 4.69) is 63.2 Å². The van der Waals surface area contributed by atoms with Crippen LogP contribution < -0.4 is 0 Å². The minimum absolute atomic E-state index is 0.0315. The number of esters is 2. The average molecular weight is 720 g/mol. The summed E-state index contributed by atoms with van der Waals surface area (Å²) in [5.74, 6) is -0.505. The van der Waals surface area contributed by atoms with Gasteiger partial charge in [0.1, 0.15) is 11.5 Å². The number of hydrogen-bond acceptors (Lipinski definition) is 5. The van der Waals surface area contributed by atoms with Crippen molar-refractivity contribution in [1.29, 1.82) is 0 Å². The van der Waals surface area contributed by atoms with Crippen LogP contribution >= 0.6 is 0 Å². The smallest absolute Gasteiger partial charge is 0.340 e. The maximum atomic E-state index is 16.0. The van der Waals surface area contributed by atoms with E-state index in [0.717, 1.165) is 49.7 Å². The summed E-state index contributed by atoms with van der Waals surface area (Å²) in [7, 11) is 1.43. The second-order valence-electron chi connectivity index (χ2n) is 16.1. The van der Waals surface area contributed by atoms with Crippen molar-refractivity contribution in [2.75, 3.05) is 7.11 Å². The monoisotopic (exact) mass is 719 g/mol. The molecule has 0 heterocycles. The fourth-order valence-electron chi connectivity index (χ4n) is 9.70. The standard InChI is InChI=1S/C49H53NO4/c1-35-30-31-42(47(2,3)41-29-19-25-36-20-15-16-28-40(36)41)43(34-35)54-46(52)49(39-26-13-7-14-27-39,48(45(51)53-4)32-17-8-18-33-48)50-44(37-21-9-5-10-22-37)38-23-11-6-12-24-38/h5-7,9-16,19-29,35,42-43H,8,17-18,30-34H2,1-4H3/t35-,42-,43-,49-/m1/s1. The van der Waals surface area contributed by atoms with Crippen LogP contribution in [-0.4, -0.2) is 30.9 Å². The number of aliphatic imine (C=N–C) groups is 1. The van der Waals surface area contributed by atoms with Gasteiger partial charge in [-0.25, -0.2) is 4.79 Å². The molecule has 0 saturated heterocycles. The van der Waals surface area contributed by atoms with Crippen LogP contribution in [0.3, 0.4) is 0 Å². The first-order chi connectivity index (χ1) is 26.2. The van der Waals surface area contributed by atoms with Gasteiger partial charge in [-0.2, -0.15) is 0 Å². The van der Waals surface area contributed by atoms with Gasteiger partial charge < -0.3 is 9.47 Å². The largest absolute Gasteiger partial charge is 0.468 e. The number of rotatable bonds is 10. The van der Waals surface area contributed by atoms with Crippen LogP contribution in [0, 0.1) is 17.3 Å². The molecule has 2 fully saturated rings. The van der Waals surface area contributed by atoms with Crippen molar-refractivity contribution in [2.24, 2.45) is 22.2 Å². The molecule has 2 aliphatic carbocycles. The van der Waals surface area contributed by atoms with E-state index < -0.39 is 29.0 Å². The second kappa shape index (κ2) is 15.8. The van der Waals surface area contributed by atoms with Gasteiger partial charge in [-0.1, -0.05) is 180 Å². The predicted octanol–water partition coefficient (Wildman–Crippen LogP) is 11.0. The highest BCUT2D eigenvalue weighted by Gasteiger charge is 2.65. The van der Waals surface area contributed by atoms with Crippen LogP contribution in [0.5, 0.6) is 0 Å². The lowest BCUT2D eigenvalue weighted by Crippen LogP contribution is -2.58. The average Bonchev–Trinajstić information content (AvgIpc) is 3.22. The molecule has 5 nitrogen and oxygen atoms in total. The maximum absolute atomic E-state index is 16.0. The Morgan fingerprint density at radius 2 is 1.28 bits per heavy atom. The Bertz CT molecular complexity index is 2040. The van der Waals surface area contributed by atoms with E-state index in [1.165, 1.54) is 23.4 Å². The molecule has 5 heteroatoms. The molecule has 5 aromatic rings.